The Morgan fingerprint density at radius 3 is 2.57 bits per heavy atom. The van der Waals surface area contributed by atoms with E-state index in [4.69, 9.17) is 4.74 Å². The number of ether oxygens (including phenoxy) is 1. The molecule has 1 atom stereocenters. The summed E-state index contributed by atoms with van der Waals surface area (Å²) in [7, 11) is 0. The van der Waals surface area contributed by atoms with Crippen molar-refractivity contribution < 1.29 is 4.74 Å². The van der Waals surface area contributed by atoms with Gasteiger partial charge >= 0.3 is 0 Å². The van der Waals surface area contributed by atoms with Crippen molar-refractivity contribution >= 4 is 12.4 Å². The Hall–Kier alpha value is -0.770. The first-order chi connectivity index (χ1) is 10.5. The van der Waals surface area contributed by atoms with Crippen molar-refractivity contribution in [2.45, 2.75) is 46.1 Å². The maximum Gasteiger partial charge on any atom is 0.120 e. The predicted molar refractivity (Wildman–Crippen MR) is 98.8 cm³/mol. The molecule has 1 N–H and O–H groups in total. The first-order valence-electron chi connectivity index (χ1n) is 8.71. The Bertz CT molecular complexity index is 506. The van der Waals surface area contributed by atoms with Crippen LogP contribution in [0.15, 0.2) is 18.2 Å². The smallest absolute Gasteiger partial charge is 0.120 e. The second-order valence-electron chi connectivity index (χ2n) is 7.58. The van der Waals surface area contributed by atoms with Crippen LogP contribution in [0.1, 0.15) is 37.3 Å². The minimum Gasteiger partial charge on any atom is -0.490 e. The third-order valence-electron chi connectivity index (χ3n) is 5.38. The Morgan fingerprint density at radius 1 is 1.22 bits per heavy atom. The molecule has 4 heteroatoms. The Balaban J connectivity index is 0.00000192. The van der Waals surface area contributed by atoms with E-state index in [1.54, 1.807) is 0 Å². The molecule has 2 aliphatic heterocycles. The molecule has 0 aliphatic carbocycles. The summed E-state index contributed by atoms with van der Waals surface area (Å²) in [6, 6.07) is 6.45. The van der Waals surface area contributed by atoms with Crippen LogP contribution >= 0.6 is 12.4 Å². The minimum absolute atomic E-state index is 0. The molecule has 1 aromatic rings. The largest absolute Gasteiger partial charge is 0.490 e. The van der Waals surface area contributed by atoms with E-state index in [0.717, 1.165) is 18.6 Å². The molecule has 23 heavy (non-hydrogen) atoms. The van der Waals surface area contributed by atoms with Gasteiger partial charge in [0.25, 0.3) is 0 Å². The average molecular weight is 339 g/mol. The van der Waals surface area contributed by atoms with E-state index in [1.807, 2.05) is 0 Å². The first-order valence-corrected chi connectivity index (χ1v) is 8.71. The number of nitrogens with one attached hydrogen (secondary N) is 1. The molecule has 0 aromatic heterocycles. The van der Waals surface area contributed by atoms with Crippen LogP contribution in [-0.2, 0) is 0 Å². The van der Waals surface area contributed by atoms with Gasteiger partial charge in [-0.2, -0.15) is 0 Å². The van der Waals surface area contributed by atoms with E-state index in [0.29, 0.717) is 11.5 Å². The lowest BCUT2D eigenvalue weighted by molar-refractivity contribution is 0.0775. The van der Waals surface area contributed by atoms with Crippen LogP contribution in [0, 0.1) is 19.3 Å². The number of benzene rings is 1. The predicted octanol–water partition coefficient (Wildman–Crippen LogP) is 3.57. The second kappa shape index (κ2) is 7.87. The zero-order valence-electron chi connectivity index (χ0n) is 14.7. The third-order valence-corrected chi connectivity index (χ3v) is 5.38. The standard InChI is InChI=1S/C19H30N2O.ClH/c1-15-4-5-18(12-16(15)2)22-17-6-10-21(11-7-17)14-19(3)8-9-20-13-19;/h4-5,12,17,20H,6-11,13-14H2,1-3H3;1H. The fourth-order valence-electron chi connectivity index (χ4n) is 3.71. The average Bonchev–Trinajstić information content (AvgIpc) is 2.91. The summed E-state index contributed by atoms with van der Waals surface area (Å²) in [6.45, 7) is 12.7. The third kappa shape index (κ3) is 4.85. The van der Waals surface area contributed by atoms with E-state index >= 15 is 0 Å². The van der Waals surface area contributed by atoms with Gasteiger partial charge in [0, 0.05) is 26.2 Å². The molecule has 0 radical (unpaired) electrons. The van der Waals surface area contributed by atoms with Crippen LogP contribution < -0.4 is 10.1 Å². The molecular weight excluding hydrogens is 308 g/mol. The van der Waals surface area contributed by atoms with Crippen molar-refractivity contribution in [2.75, 3.05) is 32.7 Å². The van der Waals surface area contributed by atoms with E-state index in [9.17, 15) is 0 Å². The quantitative estimate of drug-likeness (QED) is 0.908. The van der Waals surface area contributed by atoms with Gasteiger partial charge in [-0.15, -0.1) is 12.4 Å². The van der Waals surface area contributed by atoms with Gasteiger partial charge in [0.15, 0.2) is 0 Å². The highest BCUT2D eigenvalue weighted by atomic mass is 35.5. The molecule has 3 nitrogen and oxygen atoms in total. The van der Waals surface area contributed by atoms with Gasteiger partial charge in [0.2, 0.25) is 0 Å². The monoisotopic (exact) mass is 338 g/mol. The molecule has 0 saturated carbocycles. The van der Waals surface area contributed by atoms with Crippen molar-refractivity contribution in [1.82, 2.24) is 10.2 Å². The van der Waals surface area contributed by atoms with Crippen LogP contribution in [0.3, 0.4) is 0 Å². The summed E-state index contributed by atoms with van der Waals surface area (Å²) >= 11 is 0. The Labute approximate surface area is 147 Å². The molecule has 130 valence electrons. The fourth-order valence-corrected chi connectivity index (χ4v) is 3.71. The van der Waals surface area contributed by atoms with Crippen molar-refractivity contribution in [2.24, 2.45) is 5.41 Å². The number of hydrogen-bond acceptors (Lipinski definition) is 3. The van der Waals surface area contributed by atoms with Crippen LogP contribution in [0.2, 0.25) is 0 Å². The topological polar surface area (TPSA) is 24.5 Å². The van der Waals surface area contributed by atoms with Crippen molar-refractivity contribution in [1.29, 1.82) is 0 Å². The molecule has 0 amide bonds. The highest BCUT2D eigenvalue weighted by Gasteiger charge is 2.32. The summed E-state index contributed by atoms with van der Waals surface area (Å²) in [5, 5.41) is 3.50. The molecule has 2 aliphatic rings. The summed E-state index contributed by atoms with van der Waals surface area (Å²) in [5.74, 6) is 1.04. The lowest BCUT2D eigenvalue weighted by Crippen LogP contribution is -2.44. The second-order valence-corrected chi connectivity index (χ2v) is 7.58. The molecule has 3 rings (SSSR count). The van der Waals surface area contributed by atoms with Crippen LogP contribution in [0.4, 0.5) is 0 Å². The minimum atomic E-state index is 0. The van der Waals surface area contributed by atoms with Crippen LogP contribution in [-0.4, -0.2) is 43.7 Å². The number of nitrogens with zero attached hydrogens (tertiary/aromatic N) is 1. The number of aryl methyl sites for hydroxylation is 2. The normalized spacial score (nSPS) is 26.0. The zero-order valence-corrected chi connectivity index (χ0v) is 15.5. The van der Waals surface area contributed by atoms with Gasteiger partial charge < -0.3 is 15.0 Å². The number of halogens is 1. The van der Waals surface area contributed by atoms with Crippen molar-refractivity contribution in [3.63, 3.8) is 0 Å². The number of rotatable bonds is 4. The molecule has 2 heterocycles. The lowest BCUT2D eigenvalue weighted by Gasteiger charge is -2.37. The molecule has 1 aromatic carbocycles. The summed E-state index contributed by atoms with van der Waals surface area (Å²) in [6.07, 6.45) is 3.99. The van der Waals surface area contributed by atoms with E-state index in [2.05, 4.69) is 49.2 Å². The zero-order chi connectivity index (χ0) is 15.6. The van der Waals surface area contributed by atoms with Gasteiger partial charge in [0.1, 0.15) is 11.9 Å². The van der Waals surface area contributed by atoms with E-state index < -0.39 is 0 Å². The van der Waals surface area contributed by atoms with Crippen LogP contribution in [0.25, 0.3) is 0 Å². The fraction of sp³-hybridized carbons (Fsp3) is 0.684. The number of likely N-dealkylation sites (tertiary alicyclic amines) is 1. The molecule has 0 bridgehead atoms. The SMILES string of the molecule is Cc1ccc(OC2CCN(CC3(C)CCNC3)CC2)cc1C.Cl. The van der Waals surface area contributed by atoms with E-state index in [1.165, 1.54) is 50.3 Å². The van der Waals surface area contributed by atoms with Gasteiger partial charge in [0.05, 0.1) is 0 Å². The highest BCUT2D eigenvalue weighted by Crippen LogP contribution is 2.28. The first kappa shape index (κ1) is 18.6. The highest BCUT2D eigenvalue weighted by molar-refractivity contribution is 5.85. The van der Waals surface area contributed by atoms with Crippen molar-refractivity contribution in [3.05, 3.63) is 29.3 Å². The maximum absolute atomic E-state index is 6.20. The van der Waals surface area contributed by atoms with E-state index in [-0.39, 0.29) is 12.4 Å². The van der Waals surface area contributed by atoms with Gasteiger partial charge in [-0.3, -0.25) is 0 Å². The molecule has 0 spiro atoms. The lowest BCUT2D eigenvalue weighted by atomic mass is 9.88. The van der Waals surface area contributed by atoms with Crippen molar-refractivity contribution in [3.8, 4) is 5.75 Å². The molecule has 2 fully saturated rings. The van der Waals surface area contributed by atoms with Gasteiger partial charge in [-0.1, -0.05) is 13.0 Å². The molecule has 2 saturated heterocycles. The summed E-state index contributed by atoms with van der Waals surface area (Å²) < 4.78 is 6.20. The van der Waals surface area contributed by atoms with Gasteiger partial charge in [-0.05, 0) is 68.3 Å². The number of hydrogen-bond donors (Lipinski definition) is 1. The summed E-state index contributed by atoms with van der Waals surface area (Å²) in [4.78, 5) is 2.63. The molecule has 1 unspecified atom stereocenters. The molecular formula is C19H31ClN2O. The number of piperidine rings is 1. The maximum atomic E-state index is 6.20. The van der Waals surface area contributed by atoms with Crippen LogP contribution in [0.5, 0.6) is 5.75 Å². The summed E-state index contributed by atoms with van der Waals surface area (Å²) in [5.41, 5.74) is 3.12. The Kier molecular flexibility index (Phi) is 6.35. The van der Waals surface area contributed by atoms with Gasteiger partial charge in [-0.25, -0.2) is 0 Å². The Morgan fingerprint density at radius 2 is 1.96 bits per heavy atom.